The summed E-state index contributed by atoms with van der Waals surface area (Å²) in [5.41, 5.74) is 33.7. The normalized spacial score (nSPS) is 20.6. The highest BCUT2D eigenvalue weighted by molar-refractivity contribution is 7.00. The van der Waals surface area contributed by atoms with Crippen molar-refractivity contribution < 1.29 is 0 Å². The van der Waals surface area contributed by atoms with Gasteiger partial charge in [0, 0.05) is 45.1 Å². The minimum Gasteiger partial charge on any atom is -0.311 e. The highest BCUT2D eigenvalue weighted by Gasteiger charge is 2.51. The van der Waals surface area contributed by atoms with Crippen LogP contribution in [0.4, 0.5) is 34.1 Å². The van der Waals surface area contributed by atoms with Crippen molar-refractivity contribution in [3.05, 3.63) is 170 Å². The molecule has 7 aromatic rings. The first kappa shape index (κ1) is 51.6. The lowest BCUT2D eigenvalue weighted by Gasteiger charge is -2.48. The van der Waals surface area contributed by atoms with Crippen molar-refractivity contribution >= 4 is 57.2 Å². The van der Waals surface area contributed by atoms with Gasteiger partial charge in [-0.2, -0.15) is 0 Å². The van der Waals surface area contributed by atoms with Crippen LogP contribution in [-0.2, 0) is 43.3 Å². The molecule has 7 aromatic carbocycles. The van der Waals surface area contributed by atoms with Crippen molar-refractivity contribution in [1.29, 1.82) is 0 Å². The van der Waals surface area contributed by atoms with Gasteiger partial charge in [0.05, 0.1) is 0 Å². The first-order valence-corrected chi connectivity index (χ1v) is 30.0. The molecule has 0 amide bonds. The van der Waals surface area contributed by atoms with E-state index in [1.807, 2.05) is 0 Å². The first-order valence-electron chi connectivity index (χ1n) is 30.0. The molecule has 2 nitrogen and oxygen atoms in total. The van der Waals surface area contributed by atoms with Gasteiger partial charge in [0.15, 0.2) is 0 Å². The minimum absolute atomic E-state index is 0.0172. The van der Waals surface area contributed by atoms with E-state index in [0.29, 0.717) is 0 Å². The molecule has 4 aliphatic carbocycles. The maximum atomic E-state index is 2.84. The molecule has 0 atom stereocenters. The lowest BCUT2D eigenvalue weighted by atomic mass is 9.32. The molecule has 0 fully saturated rings. The standard InChI is InChI=1S/C75H87BN2/c1-44-35-48(68(3,4)5)25-28-60(44)77-62-43-57-55(72(12,13)32-34-74(57,16)17)41-59(62)76-58-27-26-50-65(49-39-53-54(40-51(49)75(50,18)19)71(10,11)31-30-70(53,8)9)67(58)78(64-38-47(37-63(77)66(64)76)46-23-21-20-22-24-46)61-42-56-52(36-45(61)2)69(6,7)29-33-73(56,14)15/h20-28,35-43H,29-34H2,1-19H3. The van der Waals surface area contributed by atoms with E-state index in [-0.39, 0.29) is 50.0 Å². The Morgan fingerprint density at radius 2 is 0.872 bits per heavy atom. The molecule has 0 unspecified atom stereocenters. The Kier molecular flexibility index (Phi) is 10.7. The molecular weight excluding hydrogens is 940 g/mol. The van der Waals surface area contributed by atoms with Crippen LogP contribution in [0.3, 0.4) is 0 Å². The average Bonchev–Trinajstić information content (AvgIpc) is 2.44. The van der Waals surface area contributed by atoms with Gasteiger partial charge in [-0.25, -0.2) is 0 Å². The fourth-order valence-electron chi connectivity index (χ4n) is 16.1. The zero-order chi connectivity index (χ0) is 55.6. The number of fused-ring (bicyclic) bond motifs is 11. The van der Waals surface area contributed by atoms with Crippen molar-refractivity contribution in [2.45, 2.75) is 213 Å². The summed E-state index contributed by atoms with van der Waals surface area (Å²) in [7, 11) is 0. The predicted molar refractivity (Wildman–Crippen MR) is 337 cm³/mol. The summed E-state index contributed by atoms with van der Waals surface area (Å²) in [6.07, 6.45) is 7.07. The van der Waals surface area contributed by atoms with Crippen LogP contribution in [0.25, 0.3) is 22.3 Å². The third-order valence-electron chi connectivity index (χ3n) is 21.6. The second-order valence-electron chi connectivity index (χ2n) is 31.1. The molecule has 0 N–H and O–H groups in total. The van der Waals surface area contributed by atoms with Crippen LogP contribution >= 0.6 is 0 Å². The van der Waals surface area contributed by atoms with E-state index in [4.69, 9.17) is 0 Å². The van der Waals surface area contributed by atoms with E-state index in [1.165, 1.54) is 161 Å². The number of anilines is 6. The molecule has 0 saturated heterocycles. The van der Waals surface area contributed by atoms with Crippen molar-refractivity contribution in [3.8, 4) is 22.3 Å². The molecular formula is C75H87BN2. The van der Waals surface area contributed by atoms with E-state index in [1.54, 1.807) is 5.56 Å². The van der Waals surface area contributed by atoms with Gasteiger partial charge in [-0.1, -0.05) is 190 Å². The monoisotopic (exact) mass is 1030 g/mol. The Hall–Kier alpha value is -5.80. The lowest BCUT2D eigenvalue weighted by molar-refractivity contribution is 0.331. The van der Waals surface area contributed by atoms with Crippen molar-refractivity contribution in [2.24, 2.45) is 0 Å². The van der Waals surface area contributed by atoms with Gasteiger partial charge in [0.25, 0.3) is 6.71 Å². The molecule has 78 heavy (non-hydrogen) atoms. The van der Waals surface area contributed by atoms with Crippen LogP contribution in [0.15, 0.2) is 109 Å². The summed E-state index contributed by atoms with van der Waals surface area (Å²) in [5.74, 6) is 0. The van der Waals surface area contributed by atoms with E-state index in [2.05, 4.69) is 251 Å². The van der Waals surface area contributed by atoms with Crippen LogP contribution in [-0.4, -0.2) is 6.71 Å². The third kappa shape index (κ3) is 7.26. The molecule has 400 valence electrons. The smallest absolute Gasteiger partial charge is 0.252 e. The number of hydrogen-bond donors (Lipinski definition) is 0. The average molecular weight is 1030 g/mol. The lowest BCUT2D eigenvalue weighted by Crippen LogP contribution is -2.62. The van der Waals surface area contributed by atoms with Crippen molar-refractivity contribution in [1.82, 2.24) is 0 Å². The molecule has 0 spiro atoms. The summed E-state index contributed by atoms with van der Waals surface area (Å²) in [6, 6.07) is 45.1. The number of benzene rings is 7. The van der Waals surface area contributed by atoms with Crippen LogP contribution in [0.1, 0.15) is 217 Å². The number of hydrogen-bond acceptors (Lipinski definition) is 2. The fourth-order valence-corrected chi connectivity index (χ4v) is 16.1. The maximum Gasteiger partial charge on any atom is 0.252 e. The Morgan fingerprint density at radius 1 is 0.385 bits per heavy atom. The van der Waals surface area contributed by atoms with Gasteiger partial charge < -0.3 is 9.80 Å². The molecule has 3 heteroatoms. The number of rotatable bonds is 3. The zero-order valence-corrected chi connectivity index (χ0v) is 51.1. The number of nitrogens with zero attached hydrogens (tertiary/aromatic N) is 2. The summed E-state index contributed by atoms with van der Waals surface area (Å²) >= 11 is 0. The highest BCUT2D eigenvalue weighted by atomic mass is 15.2. The van der Waals surface area contributed by atoms with Gasteiger partial charge >= 0.3 is 0 Å². The molecule has 0 saturated carbocycles. The first-order chi connectivity index (χ1) is 36.3. The zero-order valence-electron chi connectivity index (χ0n) is 51.1. The summed E-state index contributed by atoms with van der Waals surface area (Å²) in [5, 5.41) is 0. The molecule has 13 rings (SSSR count). The van der Waals surface area contributed by atoms with E-state index >= 15 is 0 Å². The molecule has 0 radical (unpaired) electrons. The Balaban J connectivity index is 1.22. The molecule has 0 bridgehead atoms. The largest absolute Gasteiger partial charge is 0.311 e. The Labute approximate surface area is 470 Å². The predicted octanol–water partition coefficient (Wildman–Crippen LogP) is 18.7. The van der Waals surface area contributed by atoms with Crippen LogP contribution in [0.2, 0.25) is 0 Å². The van der Waals surface area contributed by atoms with E-state index < -0.39 is 0 Å². The van der Waals surface area contributed by atoms with Crippen LogP contribution in [0, 0.1) is 13.8 Å². The highest BCUT2D eigenvalue weighted by Crippen LogP contribution is 2.60. The van der Waals surface area contributed by atoms with Gasteiger partial charge in [-0.05, 0) is 221 Å². The van der Waals surface area contributed by atoms with E-state index in [0.717, 1.165) is 6.42 Å². The summed E-state index contributed by atoms with van der Waals surface area (Å²) in [4.78, 5) is 5.57. The number of aryl methyl sites for hydroxylation is 2. The molecule has 6 aliphatic rings. The van der Waals surface area contributed by atoms with Crippen molar-refractivity contribution in [2.75, 3.05) is 9.80 Å². The molecule has 0 aromatic heterocycles. The summed E-state index contributed by atoms with van der Waals surface area (Å²) in [6.45, 7) is 46.9. The third-order valence-corrected chi connectivity index (χ3v) is 21.6. The molecule has 2 aliphatic heterocycles. The Morgan fingerprint density at radius 3 is 1.42 bits per heavy atom. The van der Waals surface area contributed by atoms with Crippen LogP contribution in [0.5, 0.6) is 0 Å². The fraction of sp³-hybridized carbons (Fsp3) is 0.440. The van der Waals surface area contributed by atoms with Crippen molar-refractivity contribution in [3.63, 3.8) is 0 Å². The van der Waals surface area contributed by atoms with Gasteiger partial charge in [0.1, 0.15) is 0 Å². The quantitative estimate of drug-likeness (QED) is 0.163. The second-order valence-corrected chi connectivity index (χ2v) is 31.1. The topological polar surface area (TPSA) is 6.48 Å². The van der Waals surface area contributed by atoms with E-state index in [9.17, 15) is 0 Å². The maximum absolute atomic E-state index is 2.84. The minimum atomic E-state index is -0.209. The van der Waals surface area contributed by atoms with Gasteiger partial charge in [-0.15, -0.1) is 0 Å². The van der Waals surface area contributed by atoms with Gasteiger partial charge in [0.2, 0.25) is 0 Å². The van der Waals surface area contributed by atoms with Gasteiger partial charge in [-0.3, -0.25) is 0 Å². The Bertz CT molecular complexity index is 3730. The molecule has 2 heterocycles. The van der Waals surface area contributed by atoms with Crippen LogP contribution < -0.4 is 26.2 Å². The summed E-state index contributed by atoms with van der Waals surface area (Å²) < 4.78 is 0. The SMILES string of the molecule is Cc1cc(C(C)(C)C)ccc1N1c2cc3c(cc2B2c4ccc5c(c4N(c4cc6c(cc4C)C(C)(C)CCC6(C)C)c4cc(-c6ccccc6)cc1c42)-c1cc2c(cc1C5(C)C)C(C)(C)CCC2(C)C)C(C)(C)CCC3(C)C. The second kappa shape index (κ2) is 16.2.